The van der Waals surface area contributed by atoms with Crippen LogP contribution in [-0.2, 0) is 14.3 Å². The van der Waals surface area contributed by atoms with Gasteiger partial charge >= 0.3 is 0 Å². The van der Waals surface area contributed by atoms with E-state index in [1.807, 2.05) is 6.92 Å². The van der Waals surface area contributed by atoms with Crippen LogP contribution >= 0.6 is 0 Å². The van der Waals surface area contributed by atoms with E-state index in [2.05, 4.69) is 20.4 Å². The molecule has 0 heterocycles. The molecule has 4 heteroatoms. The number of Topliss-reactive ketones (excluding diaryl/α,β-unsaturated/α-hetero) is 1. The molecule has 0 radical (unpaired) electrons. The van der Waals surface area contributed by atoms with Gasteiger partial charge in [-0.1, -0.05) is 32.4 Å². The van der Waals surface area contributed by atoms with Gasteiger partial charge in [-0.25, -0.2) is 0 Å². The first kappa shape index (κ1) is 19.4. The fourth-order valence-electron chi connectivity index (χ4n) is 4.29. The van der Waals surface area contributed by atoms with Crippen LogP contribution in [0.2, 0.25) is 0 Å². The molecule has 0 spiro atoms. The lowest BCUT2D eigenvalue weighted by atomic mass is 9.60. The van der Waals surface area contributed by atoms with Gasteiger partial charge in [0.25, 0.3) is 0 Å². The number of hydrogen-bond donors (Lipinski definition) is 1. The van der Waals surface area contributed by atoms with E-state index >= 15 is 0 Å². The summed E-state index contributed by atoms with van der Waals surface area (Å²) in [6.07, 6.45) is 5.82. The van der Waals surface area contributed by atoms with Gasteiger partial charge in [0.05, 0.1) is 12.7 Å². The molecule has 2 rings (SSSR count). The van der Waals surface area contributed by atoms with E-state index in [4.69, 9.17) is 9.47 Å². The molecule has 0 aromatic carbocycles. The number of aliphatic hydroxyl groups is 1. The van der Waals surface area contributed by atoms with Crippen molar-refractivity contribution in [1.29, 1.82) is 0 Å². The predicted octanol–water partition coefficient (Wildman–Crippen LogP) is 3.65. The van der Waals surface area contributed by atoms with Gasteiger partial charge in [0.15, 0.2) is 5.78 Å². The fourth-order valence-corrected chi connectivity index (χ4v) is 4.29. The fraction of sp³-hybridized carbons (Fsp3) is 0.750. The summed E-state index contributed by atoms with van der Waals surface area (Å²) in [5.41, 5.74) is 1.52. The summed E-state index contributed by atoms with van der Waals surface area (Å²) in [6.45, 7) is 10.4. The third-order valence-corrected chi connectivity index (χ3v) is 6.29. The van der Waals surface area contributed by atoms with Crippen molar-refractivity contribution in [3.8, 4) is 0 Å². The lowest BCUT2D eigenvalue weighted by molar-refractivity contribution is -0.138. The van der Waals surface area contributed by atoms with Gasteiger partial charge in [0, 0.05) is 29.9 Å². The molecule has 4 atom stereocenters. The van der Waals surface area contributed by atoms with Crippen LogP contribution in [0, 0.1) is 16.7 Å². The van der Waals surface area contributed by atoms with Gasteiger partial charge in [0.2, 0.25) is 0 Å². The van der Waals surface area contributed by atoms with Crippen molar-refractivity contribution in [1.82, 2.24) is 0 Å². The highest BCUT2D eigenvalue weighted by molar-refractivity contribution is 6.00. The van der Waals surface area contributed by atoms with Crippen LogP contribution in [0.15, 0.2) is 23.8 Å². The van der Waals surface area contributed by atoms with Gasteiger partial charge in [-0.3, -0.25) is 4.79 Å². The first-order valence-corrected chi connectivity index (χ1v) is 8.93. The molecule has 0 saturated carbocycles. The molecule has 0 aromatic heterocycles. The monoisotopic (exact) mass is 336 g/mol. The lowest BCUT2D eigenvalue weighted by Crippen LogP contribution is -2.47. The van der Waals surface area contributed by atoms with Crippen molar-refractivity contribution in [3.63, 3.8) is 0 Å². The SMILES string of the molecule is C=C[C@@](C)(CO)C[C@@H](OCOC)[C@]1(C)C2=C(CCC2=O)CC[C@@H]1C. The number of ketones is 1. The number of carbonyl (C=O) groups is 1. The van der Waals surface area contributed by atoms with E-state index in [-0.39, 0.29) is 30.7 Å². The van der Waals surface area contributed by atoms with Gasteiger partial charge < -0.3 is 14.6 Å². The molecule has 1 N–H and O–H groups in total. The van der Waals surface area contributed by atoms with Crippen molar-refractivity contribution < 1.29 is 19.4 Å². The van der Waals surface area contributed by atoms with Crippen molar-refractivity contribution in [3.05, 3.63) is 23.8 Å². The second-order valence-corrected chi connectivity index (χ2v) is 7.91. The third-order valence-electron chi connectivity index (χ3n) is 6.29. The van der Waals surface area contributed by atoms with Crippen LogP contribution in [-0.4, -0.2) is 37.5 Å². The van der Waals surface area contributed by atoms with Crippen molar-refractivity contribution in [2.24, 2.45) is 16.7 Å². The van der Waals surface area contributed by atoms with Crippen LogP contribution in [0.1, 0.15) is 52.9 Å². The highest BCUT2D eigenvalue weighted by Gasteiger charge is 2.51. The zero-order chi connectivity index (χ0) is 18.0. The number of methoxy groups -OCH3 is 1. The van der Waals surface area contributed by atoms with E-state index in [1.54, 1.807) is 13.2 Å². The molecule has 0 bridgehead atoms. The lowest BCUT2D eigenvalue weighted by Gasteiger charge is -2.48. The summed E-state index contributed by atoms with van der Waals surface area (Å²) >= 11 is 0. The van der Waals surface area contributed by atoms with Gasteiger partial charge in [-0.05, 0) is 31.6 Å². The Morgan fingerprint density at radius 2 is 2.17 bits per heavy atom. The number of rotatable bonds is 8. The number of aliphatic hydroxyl groups excluding tert-OH is 1. The summed E-state index contributed by atoms with van der Waals surface area (Å²) in [5, 5.41) is 9.81. The zero-order valence-electron chi connectivity index (χ0n) is 15.6. The second-order valence-electron chi connectivity index (χ2n) is 7.91. The van der Waals surface area contributed by atoms with Crippen molar-refractivity contribution in [2.45, 2.75) is 59.0 Å². The Hall–Kier alpha value is -0.970. The highest BCUT2D eigenvalue weighted by Crippen LogP contribution is 2.54. The number of allylic oxidation sites excluding steroid dienone is 1. The normalized spacial score (nSPS) is 30.9. The molecule has 2 aliphatic rings. The molecule has 0 unspecified atom stereocenters. The van der Waals surface area contributed by atoms with E-state index in [0.29, 0.717) is 18.8 Å². The maximum absolute atomic E-state index is 12.6. The summed E-state index contributed by atoms with van der Waals surface area (Å²) in [6, 6.07) is 0. The molecule has 0 amide bonds. The third kappa shape index (κ3) is 3.37. The summed E-state index contributed by atoms with van der Waals surface area (Å²) in [5.74, 6) is 0.613. The molecule has 0 fully saturated rings. The zero-order valence-corrected chi connectivity index (χ0v) is 15.6. The Bertz CT molecular complexity index is 524. The van der Waals surface area contributed by atoms with Crippen molar-refractivity contribution >= 4 is 5.78 Å². The molecule has 0 aliphatic heterocycles. The Kier molecular flexibility index (Phi) is 6.05. The Labute approximate surface area is 145 Å². The molecule has 2 aliphatic carbocycles. The average molecular weight is 336 g/mol. The summed E-state index contributed by atoms with van der Waals surface area (Å²) < 4.78 is 11.2. The Morgan fingerprint density at radius 3 is 2.75 bits per heavy atom. The predicted molar refractivity (Wildman–Crippen MR) is 94.5 cm³/mol. The van der Waals surface area contributed by atoms with Gasteiger partial charge in [-0.15, -0.1) is 6.58 Å². The minimum atomic E-state index is -0.443. The average Bonchev–Trinajstić information content (AvgIpc) is 2.96. The first-order chi connectivity index (χ1) is 11.3. The van der Waals surface area contributed by atoms with Crippen LogP contribution in [0.4, 0.5) is 0 Å². The van der Waals surface area contributed by atoms with E-state index in [9.17, 15) is 9.90 Å². The van der Waals surface area contributed by atoms with Gasteiger partial charge in [-0.2, -0.15) is 0 Å². The molecule has 0 aromatic rings. The molecule has 0 saturated heterocycles. The standard InChI is InChI=1S/C20H32O4/c1-6-19(3,12-21)11-17(24-13-23-5)20(4)14(2)7-8-15-9-10-16(22)18(15)20/h6,14,17,21H,1,7-13H2,2-5H3/t14-,17+,19+,20+/m0/s1. The van der Waals surface area contributed by atoms with E-state index < -0.39 is 5.41 Å². The van der Waals surface area contributed by atoms with E-state index in [0.717, 1.165) is 24.8 Å². The number of ether oxygens (including phenoxy) is 2. The number of hydrogen-bond acceptors (Lipinski definition) is 4. The molecule has 136 valence electrons. The maximum atomic E-state index is 12.6. The smallest absolute Gasteiger partial charge is 0.159 e. The van der Waals surface area contributed by atoms with E-state index in [1.165, 1.54) is 5.57 Å². The Morgan fingerprint density at radius 1 is 1.46 bits per heavy atom. The summed E-state index contributed by atoms with van der Waals surface area (Å²) in [4.78, 5) is 12.6. The molecular formula is C20H32O4. The molecular weight excluding hydrogens is 304 g/mol. The first-order valence-electron chi connectivity index (χ1n) is 8.93. The minimum absolute atomic E-state index is 0.00759. The molecule has 24 heavy (non-hydrogen) atoms. The van der Waals surface area contributed by atoms with Gasteiger partial charge in [0.1, 0.15) is 6.79 Å². The topological polar surface area (TPSA) is 55.8 Å². The van der Waals surface area contributed by atoms with Crippen LogP contribution < -0.4 is 0 Å². The largest absolute Gasteiger partial charge is 0.395 e. The Balaban J connectivity index is 2.43. The maximum Gasteiger partial charge on any atom is 0.159 e. The second kappa shape index (κ2) is 7.51. The van der Waals surface area contributed by atoms with Crippen molar-refractivity contribution in [2.75, 3.05) is 20.5 Å². The van der Waals surface area contributed by atoms with Crippen LogP contribution in [0.25, 0.3) is 0 Å². The van der Waals surface area contributed by atoms with Crippen LogP contribution in [0.5, 0.6) is 0 Å². The quantitative estimate of drug-likeness (QED) is 0.543. The number of carbonyl (C=O) groups excluding carboxylic acids is 1. The highest BCUT2D eigenvalue weighted by atomic mass is 16.7. The molecule has 4 nitrogen and oxygen atoms in total. The summed E-state index contributed by atoms with van der Waals surface area (Å²) in [7, 11) is 1.61. The van der Waals surface area contributed by atoms with Crippen LogP contribution in [0.3, 0.4) is 0 Å². The minimum Gasteiger partial charge on any atom is -0.395 e.